The van der Waals surface area contributed by atoms with Crippen molar-refractivity contribution in [1.29, 1.82) is 0 Å². The van der Waals surface area contributed by atoms with Crippen molar-refractivity contribution in [3.05, 3.63) is 66.0 Å². The molecule has 1 aliphatic heterocycles. The van der Waals surface area contributed by atoms with Gasteiger partial charge in [0.15, 0.2) is 0 Å². The minimum absolute atomic E-state index is 0.677. The van der Waals surface area contributed by atoms with Crippen molar-refractivity contribution in [2.45, 2.75) is 18.7 Å². The molecule has 3 nitrogen and oxygen atoms in total. The number of benzene rings is 3. The van der Waals surface area contributed by atoms with Gasteiger partial charge >= 0.3 is 0 Å². The highest BCUT2D eigenvalue weighted by Crippen LogP contribution is 2.47. The van der Waals surface area contributed by atoms with Gasteiger partial charge in [-0.25, -0.2) is 4.21 Å². The van der Waals surface area contributed by atoms with Crippen LogP contribution in [0, 0.1) is 13.8 Å². The van der Waals surface area contributed by atoms with Crippen molar-refractivity contribution in [2.24, 2.45) is 0 Å². The van der Waals surface area contributed by atoms with Crippen LogP contribution in [0.2, 0.25) is 0 Å². The molecule has 0 amide bonds. The molecule has 1 atom stereocenters. The summed E-state index contributed by atoms with van der Waals surface area (Å²) in [6.07, 6.45) is 3.72. The van der Waals surface area contributed by atoms with Crippen molar-refractivity contribution in [1.82, 2.24) is 4.98 Å². The predicted molar refractivity (Wildman–Crippen MR) is 101 cm³/mol. The maximum atomic E-state index is 12.7. The zero-order valence-corrected chi connectivity index (χ0v) is 14.7. The monoisotopic (exact) mass is 345 g/mol. The van der Waals surface area contributed by atoms with Crippen LogP contribution in [0.1, 0.15) is 11.1 Å². The van der Waals surface area contributed by atoms with Gasteiger partial charge in [0, 0.05) is 28.9 Å². The quantitative estimate of drug-likeness (QED) is 0.446. The van der Waals surface area contributed by atoms with Crippen LogP contribution >= 0.6 is 0 Å². The zero-order valence-electron chi connectivity index (χ0n) is 13.9. The first kappa shape index (κ1) is 14.6. The standard InChI is InChI=1S/C21H15NO2S/c1-12-9-18-20(16-6-4-3-5-14(12)16)21-17-11-22-10-13(2)15(17)7-8-19(21)25(23)24-18/h3-11H,1-2H3. The molecule has 4 heteroatoms. The molecule has 1 aromatic heterocycles. The zero-order chi connectivity index (χ0) is 17.1. The van der Waals surface area contributed by atoms with Crippen LogP contribution in [0.5, 0.6) is 5.75 Å². The fourth-order valence-corrected chi connectivity index (χ4v) is 4.68. The van der Waals surface area contributed by atoms with E-state index in [1.165, 1.54) is 5.39 Å². The summed E-state index contributed by atoms with van der Waals surface area (Å²) in [5.74, 6) is 0.677. The third-order valence-corrected chi connectivity index (χ3v) is 5.94. The Morgan fingerprint density at radius 1 is 0.840 bits per heavy atom. The van der Waals surface area contributed by atoms with E-state index in [1.807, 2.05) is 49.6 Å². The topological polar surface area (TPSA) is 39.2 Å². The van der Waals surface area contributed by atoms with Crippen molar-refractivity contribution >= 4 is 32.6 Å². The summed E-state index contributed by atoms with van der Waals surface area (Å²) in [6, 6.07) is 14.2. The molecule has 1 unspecified atom stereocenters. The summed E-state index contributed by atoms with van der Waals surface area (Å²) in [4.78, 5) is 5.09. The highest BCUT2D eigenvalue weighted by Gasteiger charge is 2.28. The highest BCUT2D eigenvalue weighted by molar-refractivity contribution is 7.80. The molecular weight excluding hydrogens is 330 g/mol. The Morgan fingerprint density at radius 2 is 1.60 bits per heavy atom. The van der Waals surface area contributed by atoms with Gasteiger partial charge < -0.3 is 4.18 Å². The van der Waals surface area contributed by atoms with Crippen LogP contribution in [0.15, 0.2) is 59.8 Å². The minimum atomic E-state index is -1.52. The van der Waals surface area contributed by atoms with Crippen molar-refractivity contribution in [2.75, 3.05) is 0 Å². The minimum Gasteiger partial charge on any atom is -0.396 e. The molecule has 0 N–H and O–H groups in total. The molecule has 3 aromatic carbocycles. The second-order valence-corrected chi connectivity index (χ2v) is 7.50. The third-order valence-electron chi connectivity index (χ3n) is 4.91. The van der Waals surface area contributed by atoms with Gasteiger partial charge in [0.25, 0.3) is 0 Å². The largest absolute Gasteiger partial charge is 0.396 e. The molecule has 0 radical (unpaired) electrons. The molecule has 0 saturated carbocycles. The molecule has 25 heavy (non-hydrogen) atoms. The van der Waals surface area contributed by atoms with Crippen molar-refractivity contribution in [3.63, 3.8) is 0 Å². The Hall–Kier alpha value is -2.72. The highest BCUT2D eigenvalue weighted by atomic mass is 32.2. The molecule has 0 spiro atoms. The van der Waals surface area contributed by atoms with E-state index in [2.05, 4.69) is 24.0 Å². The van der Waals surface area contributed by atoms with Gasteiger partial charge in [0.1, 0.15) is 5.75 Å². The second-order valence-electron chi connectivity index (χ2n) is 6.42. The van der Waals surface area contributed by atoms with E-state index in [0.717, 1.165) is 38.4 Å². The number of fused-ring (bicyclic) bond motifs is 7. The molecule has 0 bridgehead atoms. The molecule has 4 aromatic rings. The Balaban J connectivity index is 2.04. The summed E-state index contributed by atoms with van der Waals surface area (Å²) < 4.78 is 18.5. The fraction of sp³-hybridized carbons (Fsp3) is 0.0952. The van der Waals surface area contributed by atoms with Crippen molar-refractivity contribution in [3.8, 4) is 16.9 Å². The lowest BCUT2D eigenvalue weighted by Gasteiger charge is -2.23. The molecule has 0 fully saturated rings. The number of aryl methyl sites for hydroxylation is 2. The molecule has 1 aliphatic rings. The Labute approximate surface area is 147 Å². The normalized spacial score (nSPS) is 15.7. The molecule has 122 valence electrons. The van der Waals surface area contributed by atoms with Gasteiger partial charge in [-0.1, -0.05) is 30.3 Å². The summed E-state index contributed by atoms with van der Waals surface area (Å²) in [5.41, 5.74) is 4.21. The number of hydrogen-bond donors (Lipinski definition) is 0. The Bertz CT molecular complexity index is 1210. The van der Waals surface area contributed by atoms with Gasteiger partial charge in [-0.3, -0.25) is 4.98 Å². The first-order chi connectivity index (χ1) is 12.1. The first-order valence-electron chi connectivity index (χ1n) is 8.15. The summed E-state index contributed by atoms with van der Waals surface area (Å²) in [5, 5.41) is 4.44. The lowest BCUT2D eigenvalue weighted by atomic mass is 9.91. The van der Waals surface area contributed by atoms with Crippen LogP contribution in [0.3, 0.4) is 0 Å². The van der Waals surface area contributed by atoms with Crippen molar-refractivity contribution < 1.29 is 8.39 Å². The van der Waals surface area contributed by atoms with Crippen LogP contribution in [-0.4, -0.2) is 9.19 Å². The lowest BCUT2D eigenvalue weighted by molar-refractivity contribution is 0.559. The second kappa shape index (κ2) is 5.14. The van der Waals surface area contributed by atoms with Gasteiger partial charge in [-0.15, -0.1) is 0 Å². The Morgan fingerprint density at radius 3 is 2.44 bits per heavy atom. The maximum Gasteiger partial charge on any atom is 0.241 e. The van der Waals surface area contributed by atoms with E-state index >= 15 is 0 Å². The van der Waals surface area contributed by atoms with Crippen LogP contribution in [0.4, 0.5) is 0 Å². The van der Waals surface area contributed by atoms with E-state index < -0.39 is 11.1 Å². The van der Waals surface area contributed by atoms with Gasteiger partial charge in [0.05, 0.1) is 4.90 Å². The predicted octanol–water partition coefficient (Wildman–Crippen LogP) is 5.09. The van der Waals surface area contributed by atoms with Crippen LogP contribution in [0.25, 0.3) is 32.7 Å². The molecule has 2 heterocycles. The van der Waals surface area contributed by atoms with E-state index in [4.69, 9.17) is 4.18 Å². The van der Waals surface area contributed by atoms with E-state index in [-0.39, 0.29) is 0 Å². The first-order valence-corrected chi connectivity index (χ1v) is 9.23. The number of nitrogens with zero attached hydrogens (tertiary/aromatic N) is 1. The third kappa shape index (κ3) is 1.98. The molecule has 5 rings (SSSR count). The lowest BCUT2D eigenvalue weighted by Crippen LogP contribution is -2.10. The van der Waals surface area contributed by atoms with E-state index in [9.17, 15) is 4.21 Å². The van der Waals surface area contributed by atoms with Crippen LogP contribution < -0.4 is 4.18 Å². The number of aromatic nitrogens is 1. The SMILES string of the molecule is Cc1cc2c(c3ccccc13)-c1c(ccc3c(C)cncc13)S(=O)O2. The Kier molecular flexibility index (Phi) is 3.00. The molecule has 0 aliphatic carbocycles. The maximum absolute atomic E-state index is 12.7. The summed E-state index contributed by atoms with van der Waals surface area (Å²) in [6.45, 7) is 4.10. The number of rotatable bonds is 0. The fourth-order valence-electron chi connectivity index (χ4n) is 3.74. The summed E-state index contributed by atoms with van der Waals surface area (Å²) >= 11 is -1.52. The average molecular weight is 345 g/mol. The number of pyridine rings is 1. The van der Waals surface area contributed by atoms with E-state index in [0.29, 0.717) is 10.6 Å². The van der Waals surface area contributed by atoms with Gasteiger partial charge in [0.2, 0.25) is 11.1 Å². The average Bonchev–Trinajstić information content (AvgIpc) is 2.62. The van der Waals surface area contributed by atoms with Crippen LogP contribution in [-0.2, 0) is 11.1 Å². The van der Waals surface area contributed by atoms with E-state index in [1.54, 1.807) is 0 Å². The molecular formula is C21H15NO2S. The molecule has 0 saturated heterocycles. The number of hydrogen-bond acceptors (Lipinski definition) is 3. The summed E-state index contributed by atoms with van der Waals surface area (Å²) in [7, 11) is 0. The van der Waals surface area contributed by atoms with Gasteiger partial charge in [-0.2, -0.15) is 0 Å². The smallest absolute Gasteiger partial charge is 0.241 e. The van der Waals surface area contributed by atoms with Gasteiger partial charge in [-0.05, 0) is 53.3 Å².